The van der Waals surface area contributed by atoms with Crippen molar-refractivity contribution in [2.75, 3.05) is 26.7 Å². The fourth-order valence-corrected chi connectivity index (χ4v) is 5.43. The number of rotatable bonds is 5. The number of carbonyl (C=O) groups is 3. The lowest BCUT2D eigenvalue weighted by Gasteiger charge is -2.42. The third-order valence-electron chi connectivity index (χ3n) is 7.40. The number of nitrogens with one attached hydrogen (secondary N) is 1. The van der Waals surface area contributed by atoms with Gasteiger partial charge in [-0.2, -0.15) is 0 Å². The van der Waals surface area contributed by atoms with Crippen molar-refractivity contribution in [1.29, 1.82) is 0 Å². The van der Waals surface area contributed by atoms with Gasteiger partial charge in [0, 0.05) is 32.6 Å². The first-order valence-electron chi connectivity index (χ1n) is 11.9. The summed E-state index contributed by atoms with van der Waals surface area (Å²) < 4.78 is 14.1. The summed E-state index contributed by atoms with van der Waals surface area (Å²) in [4.78, 5) is 42.9. The highest BCUT2D eigenvalue weighted by atomic mass is 19.1. The molecule has 4 rings (SSSR count). The summed E-state index contributed by atoms with van der Waals surface area (Å²) in [6, 6.07) is 15.1. The highest BCUT2D eigenvalue weighted by molar-refractivity contribution is 5.98. The fraction of sp³-hybridized carbons (Fsp3) is 0.444. The topological polar surface area (TPSA) is 69.7 Å². The second kappa shape index (κ2) is 9.57. The Morgan fingerprint density at radius 2 is 1.65 bits per heavy atom. The molecule has 0 aliphatic carbocycles. The molecule has 0 bridgehead atoms. The minimum absolute atomic E-state index is 0.0798. The standard InChI is InChI=1S/C27H32FN3O3/c1-18(2)23(29-24(32)20-11-7-8-12-22(20)28)25(33)31-15-13-27(14-16-31)21(17-30(3)26(27)34)19-9-5-4-6-10-19/h4-12,18,21,23H,13-17H2,1-3H3,(H,29,32)/t21?,23-/m1/s1. The largest absolute Gasteiger partial charge is 0.345 e. The van der Waals surface area contributed by atoms with Gasteiger partial charge in [0.15, 0.2) is 0 Å². The minimum atomic E-state index is -0.770. The van der Waals surface area contributed by atoms with Gasteiger partial charge in [-0.25, -0.2) is 4.39 Å². The van der Waals surface area contributed by atoms with E-state index in [-0.39, 0.29) is 29.2 Å². The molecule has 2 saturated heterocycles. The maximum Gasteiger partial charge on any atom is 0.254 e. The zero-order chi connectivity index (χ0) is 24.5. The van der Waals surface area contributed by atoms with E-state index < -0.39 is 23.2 Å². The molecule has 2 aliphatic rings. The van der Waals surface area contributed by atoms with Crippen LogP contribution >= 0.6 is 0 Å². The summed E-state index contributed by atoms with van der Waals surface area (Å²) in [5, 5.41) is 2.74. The minimum Gasteiger partial charge on any atom is -0.345 e. The van der Waals surface area contributed by atoms with Gasteiger partial charge in [0.2, 0.25) is 11.8 Å². The van der Waals surface area contributed by atoms with Gasteiger partial charge < -0.3 is 15.1 Å². The van der Waals surface area contributed by atoms with E-state index in [9.17, 15) is 18.8 Å². The number of carbonyl (C=O) groups excluding carboxylic acids is 3. The summed E-state index contributed by atoms with van der Waals surface area (Å²) in [5.74, 6) is -1.35. The zero-order valence-corrected chi connectivity index (χ0v) is 20.0. The van der Waals surface area contributed by atoms with Crippen molar-refractivity contribution in [2.24, 2.45) is 11.3 Å². The third-order valence-corrected chi connectivity index (χ3v) is 7.40. The van der Waals surface area contributed by atoms with E-state index >= 15 is 0 Å². The van der Waals surface area contributed by atoms with Gasteiger partial charge >= 0.3 is 0 Å². The van der Waals surface area contributed by atoms with Crippen LogP contribution in [0, 0.1) is 17.2 Å². The molecule has 2 atom stereocenters. The number of benzene rings is 2. The van der Waals surface area contributed by atoms with E-state index in [4.69, 9.17) is 0 Å². The number of piperidine rings is 1. The van der Waals surface area contributed by atoms with E-state index in [1.54, 1.807) is 15.9 Å². The number of likely N-dealkylation sites (tertiary alicyclic amines) is 2. The van der Waals surface area contributed by atoms with Crippen LogP contribution in [-0.4, -0.2) is 60.2 Å². The molecule has 2 heterocycles. The average Bonchev–Trinajstić information content (AvgIpc) is 3.08. The molecule has 2 aromatic carbocycles. The molecule has 1 spiro atoms. The number of nitrogens with zero attached hydrogens (tertiary/aromatic N) is 2. The Morgan fingerprint density at radius 3 is 2.26 bits per heavy atom. The van der Waals surface area contributed by atoms with Gasteiger partial charge in [-0.05, 0) is 36.5 Å². The van der Waals surface area contributed by atoms with Crippen LogP contribution in [0.2, 0.25) is 0 Å². The van der Waals surface area contributed by atoms with E-state index in [0.29, 0.717) is 32.5 Å². The van der Waals surface area contributed by atoms with Crippen molar-refractivity contribution >= 4 is 17.7 Å². The van der Waals surface area contributed by atoms with Crippen molar-refractivity contribution in [3.05, 3.63) is 71.5 Å². The van der Waals surface area contributed by atoms with Crippen molar-refractivity contribution in [1.82, 2.24) is 15.1 Å². The molecule has 0 aromatic heterocycles. The van der Waals surface area contributed by atoms with Crippen molar-refractivity contribution < 1.29 is 18.8 Å². The van der Waals surface area contributed by atoms with Gasteiger partial charge in [-0.15, -0.1) is 0 Å². The van der Waals surface area contributed by atoms with Gasteiger partial charge in [-0.3, -0.25) is 14.4 Å². The molecule has 6 nitrogen and oxygen atoms in total. The van der Waals surface area contributed by atoms with Crippen LogP contribution in [0.3, 0.4) is 0 Å². The SMILES string of the molecule is CC(C)[C@@H](NC(=O)c1ccccc1F)C(=O)N1CCC2(CC1)C(=O)N(C)CC2c1ccccc1. The predicted molar refractivity (Wildman–Crippen MR) is 128 cm³/mol. The molecule has 34 heavy (non-hydrogen) atoms. The zero-order valence-electron chi connectivity index (χ0n) is 20.0. The highest BCUT2D eigenvalue weighted by Gasteiger charge is 2.54. The lowest BCUT2D eigenvalue weighted by atomic mass is 9.68. The lowest BCUT2D eigenvalue weighted by molar-refractivity contribution is -0.143. The van der Waals surface area contributed by atoms with Crippen molar-refractivity contribution in [3.8, 4) is 0 Å². The number of hydrogen-bond acceptors (Lipinski definition) is 3. The van der Waals surface area contributed by atoms with E-state index in [1.807, 2.05) is 39.1 Å². The van der Waals surface area contributed by atoms with Crippen LogP contribution in [0.4, 0.5) is 4.39 Å². The average molecular weight is 466 g/mol. The molecular weight excluding hydrogens is 433 g/mol. The molecule has 2 aromatic rings. The Morgan fingerprint density at radius 1 is 1.03 bits per heavy atom. The van der Waals surface area contributed by atoms with Crippen LogP contribution in [0.15, 0.2) is 54.6 Å². The molecule has 1 unspecified atom stereocenters. The van der Waals surface area contributed by atoms with E-state index in [1.165, 1.54) is 18.2 Å². The maximum absolute atomic E-state index is 14.1. The summed E-state index contributed by atoms with van der Waals surface area (Å²) in [6.07, 6.45) is 1.15. The molecule has 180 valence electrons. The quantitative estimate of drug-likeness (QED) is 0.736. The molecule has 0 saturated carbocycles. The molecular formula is C27H32FN3O3. The normalized spacial score (nSPS) is 20.6. The Bertz CT molecular complexity index is 1060. The fourth-order valence-electron chi connectivity index (χ4n) is 5.43. The van der Waals surface area contributed by atoms with Crippen LogP contribution in [-0.2, 0) is 9.59 Å². The van der Waals surface area contributed by atoms with Gasteiger partial charge in [0.25, 0.3) is 5.91 Å². The number of amides is 3. The summed E-state index contributed by atoms with van der Waals surface area (Å²) >= 11 is 0. The van der Waals surface area contributed by atoms with Crippen LogP contribution < -0.4 is 5.32 Å². The molecule has 7 heteroatoms. The molecule has 1 N–H and O–H groups in total. The van der Waals surface area contributed by atoms with Crippen molar-refractivity contribution in [3.63, 3.8) is 0 Å². The second-order valence-corrected chi connectivity index (χ2v) is 9.81. The maximum atomic E-state index is 14.1. The van der Waals surface area contributed by atoms with Crippen LogP contribution in [0.1, 0.15) is 48.5 Å². The van der Waals surface area contributed by atoms with Crippen molar-refractivity contribution in [2.45, 2.75) is 38.6 Å². The number of likely N-dealkylation sites (N-methyl/N-ethyl adjacent to an activating group) is 1. The third kappa shape index (κ3) is 4.31. The van der Waals surface area contributed by atoms with Gasteiger partial charge in [0.05, 0.1) is 11.0 Å². The lowest BCUT2D eigenvalue weighted by Crippen LogP contribution is -2.55. The first-order valence-corrected chi connectivity index (χ1v) is 11.9. The first-order chi connectivity index (χ1) is 16.2. The van der Waals surface area contributed by atoms with Crippen LogP contribution in [0.25, 0.3) is 0 Å². The van der Waals surface area contributed by atoms with Gasteiger partial charge in [-0.1, -0.05) is 56.3 Å². The highest BCUT2D eigenvalue weighted by Crippen LogP contribution is 2.50. The Hall–Kier alpha value is -3.22. The Labute approximate surface area is 200 Å². The predicted octanol–water partition coefficient (Wildman–Crippen LogP) is 3.44. The molecule has 0 radical (unpaired) electrons. The number of hydrogen-bond donors (Lipinski definition) is 1. The summed E-state index contributed by atoms with van der Waals surface area (Å²) in [5.41, 5.74) is 0.553. The van der Waals surface area contributed by atoms with Crippen LogP contribution in [0.5, 0.6) is 0 Å². The second-order valence-electron chi connectivity index (χ2n) is 9.81. The molecule has 2 aliphatic heterocycles. The molecule has 3 amide bonds. The summed E-state index contributed by atoms with van der Waals surface area (Å²) in [6.45, 7) is 5.28. The molecule has 2 fully saturated rings. The first kappa shape index (κ1) is 23.9. The Kier molecular flexibility index (Phi) is 6.73. The smallest absolute Gasteiger partial charge is 0.254 e. The Balaban J connectivity index is 1.49. The monoisotopic (exact) mass is 465 g/mol. The van der Waals surface area contributed by atoms with E-state index in [0.717, 1.165) is 5.56 Å². The van der Waals surface area contributed by atoms with E-state index in [2.05, 4.69) is 17.4 Å². The van der Waals surface area contributed by atoms with Gasteiger partial charge in [0.1, 0.15) is 11.9 Å². The summed E-state index contributed by atoms with van der Waals surface area (Å²) in [7, 11) is 1.84. The number of halogens is 1.